The second-order valence-electron chi connectivity index (χ2n) is 32.1. The van der Waals surface area contributed by atoms with Crippen molar-refractivity contribution in [1.82, 2.24) is 39.0 Å². The summed E-state index contributed by atoms with van der Waals surface area (Å²) in [6.45, 7) is 12.0. The molecule has 4 aromatic heterocycles. The molecule has 0 spiro atoms. The van der Waals surface area contributed by atoms with Gasteiger partial charge in [0.05, 0.1) is 74.4 Å². The maximum atomic E-state index is 14.8. The summed E-state index contributed by atoms with van der Waals surface area (Å²) in [6, 6.07) is 127. The summed E-state index contributed by atoms with van der Waals surface area (Å²) in [5.41, 5.74) is 20.7. The lowest BCUT2D eigenvalue weighted by Gasteiger charge is -2.22. The Bertz CT molecular complexity index is 8020. The number of nitrogens with zero attached hydrogens (tertiary/aromatic N) is 11. The van der Waals surface area contributed by atoms with Gasteiger partial charge in [0.25, 0.3) is 0 Å². The molecule has 0 bridgehead atoms. The van der Waals surface area contributed by atoms with E-state index in [0.717, 1.165) is 145 Å². The van der Waals surface area contributed by atoms with E-state index in [2.05, 4.69) is 62.5 Å². The average molecular weight is 1720 g/mol. The summed E-state index contributed by atoms with van der Waals surface area (Å²) in [5, 5.41) is 23.7. The van der Waals surface area contributed by atoms with Crippen LogP contribution >= 0.6 is 0 Å². The topological polar surface area (TPSA) is 139 Å². The molecule has 0 radical (unpaired) electrons. The van der Waals surface area contributed by atoms with Gasteiger partial charge in [0.1, 0.15) is 0 Å². The van der Waals surface area contributed by atoms with Crippen LogP contribution in [0.25, 0.3) is 206 Å². The minimum Gasteiger partial charge on any atom is -0.308 e. The van der Waals surface area contributed by atoms with Gasteiger partial charge in [0.15, 0.2) is 40.6 Å². The van der Waals surface area contributed by atoms with Crippen LogP contribution in [0.2, 0.25) is 0 Å². The highest BCUT2D eigenvalue weighted by atomic mass is 19.4. The van der Waals surface area contributed by atoms with Crippen LogP contribution in [0.1, 0.15) is 33.4 Å². The number of aromatic nitrogens is 8. The Morgan fingerprint density at radius 1 is 0.250 bits per heavy atom. The van der Waals surface area contributed by atoms with Crippen LogP contribution in [0.3, 0.4) is 0 Å². The van der Waals surface area contributed by atoms with Gasteiger partial charge in [0, 0.05) is 77.2 Å². The number of rotatable bonds is 15. The molecule has 628 valence electrons. The van der Waals surface area contributed by atoms with Crippen LogP contribution in [0.15, 0.2) is 394 Å². The molecule has 21 rings (SSSR count). The standard InChI is InChI=1S/C61H37F3N6.C54H34F3N5/c1-38-15-13-21-41(31-38)50-35-46(60-68-58(39-16-5-3-6-17-39)67-59(69-60)40-18-7-4-8-19-40)36-51(42-22-14-23-47(32-42)61(62,63)64)57(50)70-55-29-27-43(48-24-10-9-20-45(48)37-65)33-52(55)53-34-44(28-30-56(53)70)49-25-11-12-26-54(49)66-2;1-34-14-12-20-37(28-34)45-31-41(53-60-51(35-15-4-2-5-16-35)59-52(61-53)36-17-6-3-7-18-36)32-46(38-21-13-22-42(29-38)54(55,56)57)50(45)62-48-25-11-10-24-44(48)47-30-39(26-27-49(47)62)43-23-9-8-19-40(43)33-58/h3-36H,1H3;2-32H,1H3. The molecule has 0 atom stereocenters. The van der Waals surface area contributed by atoms with Crippen molar-refractivity contribution in [2.24, 2.45) is 0 Å². The van der Waals surface area contributed by atoms with Crippen molar-refractivity contribution in [1.29, 1.82) is 10.5 Å². The van der Waals surface area contributed by atoms with Crippen molar-refractivity contribution < 1.29 is 26.3 Å². The highest BCUT2D eigenvalue weighted by Gasteiger charge is 2.34. The third-order valence-corrected chi connectivity index (χ3v) is 23.7. The van der Waals surface area contributed by atoms with Crippen molar-refractivity contribution in [3.63, 3.8) is 0 Å². The molecule has 0 saturated carbocycles. The second-order valence-corrected chi connectivity index (χ2v) is 32.1. The Balaban J connectivity index is 0.000000166. The van der Waals surface area contributed by atoms with Crippen LogP contribution in [-0.4, -0.2) is 39.0 Å². The summed E-state index contributed by atoms with van der Waals surface area (Å²) < 4.78 is 92.5. The molecule has 0 fully saturated rings. The van der Waals surface area contributed by atoms with E-state index >= 15 is 0 Å². The lowest BCUT2D eigenvalue weighted by Crippen LogP contribution is -2.06. The molecule has 0 aliphatic carbocycles. The maximum Gasteiger partial charge on any atom is 0.416 e. The van der Waals surface area contributed by atoms with Crippen LogP contribution in [0.4, 0.5) is 32.0 Å². The van der Waals surface area contributed by atoms with E-state index in [9.17, 15) is 36.9 Å². The van der Waals surface area contributed by atoms with Gasteiger partial charge in [-0.1, -0.05) is 302 Å². The summed E-state index contributed by atoms with van der Waals surface area (Å²) in [4.78, 5) is 34.0. The molecule has 0 saturated heterocycles. The molecular weight excluding hydrogens is 1650 g/mol. The summed E-state index contributed by atoms with van der Waals surface area (Å²) in [7, 11) is 0. The number of aryl methyl sites for hydroxylation is 2. The number of hydrogen-bond donors (Lipinski definition) is 0. The largest absolute Gasteiger partial charge is 0.416 e. The molecule has 0 amide bonds. The number of nitriles is 2. The Labute approximate surface area is 755 Å². The van der Waals surface area contributed by atoms with Crippen molar-refractivity contribution in [3.8, 4) is 170 Å². The minimum absolute atomic E-state index is 0.332. The van der Waals surface area contributed by atoms with Gasteiger partial charge < -0.3 is 9.13 Å². The highest BCUT2D eigenvalue weighted by Crippen LogP contribution is 2.50. The Morgan fingerprint density at radius 2 is 0.530 bits per heavy atom. The van der Waals surface area contributed by atoms with Crippen molar-refractivity contribution in [2.45, 2.75) is 26.2 Å². The van der Waals surface area contributed by atoms with Crippen molar-refractivity contribution in [2.75, 3.05) is 0 Å². The monoisotopic (exact) mass is 1720 g/mol. The first kappa shape index (κ1) is 82.7. The summed E-state index contributed by atoms with van der Waals surface area (Å²) in [6.07, 6.45) is -9.21. The van der Waals surface area contributed by atoms with Gasteiger partial charge in [-0.05, 0) is 173 Å². The number of para-hydroxylation sites is 2. The molecule has 0 aliphatic heterocycles. The molecule has 21 aromatic rings. The fourth-order valence-corrected chi connectivity index (χ4v) is 17.6. The first-order valence-corrected chi connectivity index (χ1v) is 42.6. The van der Waals surface area contributed by atoms with E-state index in [1.54, 1.807) is 30.3 Å². The zero-order valence-electron chi connectivity index (χ0n) is 70.7. The molecule has 17 aromatic carbocycles. The van der Waals surface area contributed by atoms with Gasteiger partial charge in [0.2, 0.25) is 0 Å². The average Bonchev–Trinajstić information content (AvgIpc) is 1.54. The van der Waals surface area contributed by atoms with Gasteiger partial charge in [-0.2, -0.15) is 36.9 Å². The first-order chi connectivity index (χ1) is 64.4. The molecule has 0 unspecified atom stereocenters. The zero-order valence-corrected chi connectivity index (χ0v) is 70.7. The SMILES string of the molecule is Cc1cccc(-c2cc(-c3nc(-c4ccccc4)nc(-c4ccccc4)n3)cc(-c3cccc(C(F)(F)F)c3)c2-n2c3ccccc3c3cc(-c4ccccc4C#N)ccc32)c1.[C-]#[N+]c1ccccc1-c1ccc2c(c1)c1cc(-c3ccccc3C#N)ccc1n2-c1c(-c2cccc(C)c2)cc(-c2nc(-c3ccccc3)nc(-c3ccccc3)n2)cc1-c1cccc(C(F)(F)F)c1. The van der Waals surface area contributed by atoms with Crippen LogP contribution < -0.4 is 0 Å². The molecule has 0 N–H and O–H groups in total. The van der Waals surface area contributed by atoms with Gasteiger partial charge >= 0.3 is 12.4 Å². The van der Waals surface area contributed by atoms with E-state index in [1.807, 2.05) is 305 Å². The molecule has 17 heteroatoms. The van der Waals surface area contributed by atoms with E-state index in [0.29, 0.717) is 96.5 Å². The number of alkyl halides is 6. The number of benzene rings is 17. The smallest absolute Gasteiger partial charge is 0.308 e. The van der Waals surface area contributed by atoms with Crippen molar-refractivity contribution >= 4 is 49.3 Å². The zero-order chi connectivity index (χ0) is 90.3. The Kier molecular flexibility index (Phi) is 21.7. The van der Waals surface area contributed by atoms with Gasteiger partial charge in [-0.25, -0.2) is 34.7 Å². The Hall–Kier alpha value is -17.6. The molecule has 4 heterocycles. The predicted molar refractivity (Wildman–Crippen MR) is 514 cm³/mol. The minimum atomic E-state index is -4.63. The lowest BCUT2D eigenvalue weighted by atomic mass is 9.91. The maximum absolute atomic E-state index is 14.8. The molecule has 11 nitrogen and oxygen atoms in total. The predicted octanol–water partition coefficient (Wildman–Crippen LogP) is 30.6. The number of halogens is 6. The fraction of sp³-hybridized carbons (Fsp3) is 0.0348. The first-order valence-electron chi connectivity index (χ1n) is 42.6. The third-order valence-electron chi connectivity index (χ3n) is 23.7. The summed E-state index contributed by atoms with van der Waals surface area (Å²) in [5.74, 6) is 2.53. The third kappa shape index (κ3) is 16.0. The molecular formula is C115H71F6N11. The molecule has 132 heavy (non-hydrogen) atoms. The van der Waals surface area contributed by atoms with Gasteiger partial charge in [-0.3, -0.25) is 0 Å². The number of fused-ring (bicyclic) bond motifs is 6. The number of hydrogen-bond acceptors (Lipinski definition) is 8. The molecule has 0 aliphatic rings. The van der Waals surface area contributed by atoms with Crippen molar-refractivity contribution in [3.05, 3.63) is 439 Å². The highest BCUT2D eigenvalue weighted by molar-refractivity contribution is 6.15. The second kappa shape index (κ2) is 34.6. The normalized spacial score (nSPS) is 11.5. The van der Waals surface area contributed by atoms with Crippen LogP contribution in [-0.2, 0) is 12.4 Å². The van der Waals surface area contributed by atoms with E-state index in [1.165, 1.54) is 24.3 Å². The fourth-order valence-electron chi connectivity index (χ4n) is 17.6. The van der Waals surface area contributed by atoms with Crippen LogP contribution in [0, 0.1) is 43.1 Å². The van der Waals surface area contributed by atoms with Gasteiger partial charge in [-0.15, -0.1) is 0 Å². The summed E-state index contributed by atoms with van der Waals surface area (Å²) >= 11 is 0. The van der Waals surface area contributed by atoms with Crippen LogP contribution in [0.5, 0.6) is 0 Å². The van der Waals surface area contributed by atoms with E-state index in [-0.39, 0.29) is 0 Å². The quantitative estimate of drug-likeness (QED) is 0.0730. The Morgan fingerprint density at radius 3 is 0.886 bits per heavy atom. The van der Waals surface area contributed by atoms with E-state index in [4.69, 9.17) is 36.5 Å². The van der Waals surface area contributed by atoms with E-state index < -0.39 is 23.5 Å². The lowest BCUT2D eigenvalue weighted by molar-refractivity contribution is -0.138.